The number of carboxylic acids is 1. The molecule has 0 fully saturated rings. The predicted octanol–water partition coefficient (Wildman–Crippen LogP) is 3.43. The highest BCUT2D eigenvalue weighted by Crippen LogP contribution is 2.16. The number of oxime groups is 2. The second kappa shape index (κ2) is 11.4. The first kappa shape index (κ1) is 21.9. The molecule has 0 aliphatic rings. The minimum Gasteiger partial charge on any atom is -0.476 e. The van der Waals surface area contributed by atoms with E-state index in [9.17, 15) is 9.90 Å². The molecule has 0 amide bonds. The molecular formula is C23H23N3O5. The average Bonchev–Trinajstić information content (AvgIpc) is 2.79. The zero-order chi connectivity index (χ0) is 21.9. The molecule has 160 valence electrons. The average molecular weight is 421 g/mol. The van der Waals surface area contributed by atoms with Gasteiger partial charge in [-0.05, 0) is 23.3 Å². The van der Waals surface area contributed by atoms with Gasteiger partial charge in [-0.1, -0.05) is 52.8 Å². The van der Waals surface area contributed by atoms with Crippen LogP contribution in [0.4, 0.5) is 0 Å². The molecule has 0 saturated heterocycles. The van der Waals surface area contributed by atoms with Crippen molar-refractivity contribution in [3.63, 3.8) is 0 Å². The van der Waals surface area contributed by atoms with E-state index < -0.39 is 5.97 Å². The van der Waals surface area contributed by atoms with E-state index in [4.69, 9.17) is 9.57 Å². The third-order valence-electron chi connectivity index (χ3n) is 4.46. The normalized spacial score (nSPS) is 11.7. The summed E-state index contributed by atoms with van der Waals surface area (Å²) >= 11 is 0. The maximum absolute atomic E-state index is 11.4. The Labute approximate surface area is 179 Å². The van der Waals surface area contributed by atoms with Crippen molar-refractivity contribution in [3.05, 3.63) is 77.5 Å². The van der Waals surface area contributed by atoms with Gasteiger partial charge in [0.2, 0.25) is 0 Å². The summed E-state index contributed by atoms with van der Waals surface area (Å²) < 4.78 is 5.56. The zero-order valence-electron chi connectivity index (χ0n) is 17.1. The van der Waals surface area contributed by atoms with Crippen LogP contribution in [0.25, 0.3) is 10.9 Å². The monoisotopic (exact) mass is 421 g/mol. The van der Waals surface area contributed by atoms with E-state index in [2.05, 4.69) is 20.1 Å². The van der Waals surface area contributed by atoms with Crippen LogP contribution in [-0.4, -0.2) is 48.3 Å². The standard InChI is InChI=1S/C23H23N3O5/c1-29-26-22(23(27)28)20-8-3-2-6-18(20)16-30-15-13-25-31-14-11-17-10-12-24-21-9-5-4-7-19(17)21/h2-10,12-13H,11,14-16H2,1H3,(H,27,28)/b25-13+,26-22+. The summed E-state index contributed by atoms with van der Waals surface area (Å²) in [6, 6.07) is 16.9. The number of rotatable bonds is 11. The van der Waals surface area contributed by atoms with Crippen molar-refractivity contribution in [1.82, 2.24) is 4.98 Å². The fourth-order valence-electron chi connectivity index (χ4n) is 3.06. The predicted molar refractivity (Wildman–Crippen MR) is 117 cm³/mol. The van der Waals surface area contributed by atoms with Crippen molar-refractivity contribution in [1.29, 1.82) is 0 Å². The summed E-state index contributed by atoms with van der Waals surface area (Å²) in [6.45, 7) is 0.848. The Morgan fingerprint density at radius 2 is 1.90 bits per heavy atom. The van der Waals surface area contributed by atoms with Crippen LogP contribution in [0.15, 0.2) is 71.1 Å². The second-order valence-electron chi connectivity index (χ2n) is 6.46. The van der Waals surface area contributed by atoms with E-state index >= 15 is 0 Å². The Bertz CT molecular complexity index is 1080. The molecule has 31 heavy (non-hydrogen) atoms. The van der Waals surface area contributed by atoms with Gasteiger partial charge in [-0.15, -0.1) is 0 Å². The van der Waals surface area contributed by atoms with Gasteiger partial charge in [0.1, 0.15) is 13.7 Å². The number of ether oxygens (including phenoxy) is 1. The van der Waals surface area contributed by atoms with Gasteiger partial charge < -0.3 is 19.5 Å². The molecule has 0 unspecified atom stereocenters. The first-order chi connectivity index (χ1) is 15.2. The largest absolute Gasteiger partial charge is 0.476 e. The number of hydrogen-bond acceptors (Lipinski definition) is 7. The zero-order valence-corrected chi connectivity index (χ0v) is 17.1. The van der Waals surface area contributed by atoms with Crippen LogP contribution in [0, 0.1) is 0 Å². The maximum atomic E-state index is 11.4. The van der Waals surface area contributed by atoms with E-state index in [-0.39, 0.29) is 18.9 Å². The first-order valence-electron chi connectivity index (χ1n) is 9.67. The summed E-state index contributed by atoms with van der Waals surface area (Å²) in [4.78, 5) is 25.7. The molecule has 1 N–H and O–H groups in total. The van der Waals surface area contributed by atoms with Crippen molar-refractivity contribution in [2.75, 3.05) is 20.3 Å². The smallest absolute Gasteiger partial charge is 0.358 e. The van der Waals surface area contributed by atoms with E-state index in [1.54, 1.807) is 30.5 Å². The summed E-state index contributed by atoms with van der Waals surface area (Å²) in [5, 5.41) is 17.9. The first-order valence-corrected chi connectivity index (χ1v) is 9.67. The van der Waals surface area contributed by atoms with Crippen LogP contribution in [0.1, 0.15) is 16.7 Å². The fourth-order valence-corrected chi connectivity index (χ4v) is 3.06. The molecule has 0 aliphatic carbocycles. The van der Waals surface area contributed by atoms with Gasteiger partial charge in [0.05, 0.1) is 24.9 Å². The number of para-hydroxylation sites is 1. The number of nitrogens with zero attached hydrogens (tertiary/aromatic N) is 3. The maximum Gasteiger partial charge on any atom is 0.358 e. The van der Waals surface area contributed by atoms with Gasteiger partial charge in [0.15, 0.2) is 5.71 Å². The van der Waals surface area contributed by atoms with Gasteiger partial charge in [0, 0.05) is 23.6 Å². The molecule has 3 aromatic rings. The minimum atomic E-state index is -1.17. The van der Waals surface area contributed by atoms with Crippen LogP contribution >= 0.6 is 0 Å². The number of aromatic nitrogens is 1. The van der Waals surface area contributed by atoms with Crippen LogP contribution in [-0.2, 0) is 32.2 Å². The Kier molecular flexibility index (Phi) is 8.07. The molecule has 0 aliphatic heterocycles. The number of fused-ring (bicyclic) bond motifs is 1. The Balaban J connectivity index is 1.45. The van der Waals surface area contributed by atoms with Crippen molar-refractivity contribution < 1.29 is 24.3 Å². The van der Waals surface area contributed by atoms with Crippen molar-refractivity contribution in [3.8, 4) is 0 Å². The molecular weight excluding hydrogens is 398 g/mol. The lowest BCUT2D eigenvalue weighted by molar-refractivity contribution is -0.129. The quantitative estimate of drug-likeness (QED) is 0.289. The van der Waals surface area contributed by atoms with Crippen molar-refractivity contribution >= 4 is 28.8 Å². The third-order valence-corrected chi connectivity index (χ3v) is 4.46. The van der Waals surface area contributed by atoms with Gasteiger partial charge in [-0.25, -0.2) is 4.79 Å². The highest BCUT2D eigenvalue weighted by atomic mass is 16.6. The lowest BCUT2D eigenvalue weighted by Gasteiger charge is -2.08. The fraction of sp³-hybridized carbons (Fsp3) is 0.217. The number of hydrogen-bond donors (Lipinski definition) is 1. The van der Waals surface area contributed by atoms with Gasteiger partial charge in [-0.2, -0.15) is 0 Å². The molecule has 0 bridgehead atoms. The van der Waals surface area contributed by atoms with E-state index in [1.165, 1.54) is 13.3 Å². The van der Waals surface area contributed by atoms with E-state index in [0.717, 1.165) is 16.5 Å². The summed E-state index contributed by atoms with van der Waals surface area (Å²) in [6.07, 6.45) is 4.03. The summed E-state index contributed by atoms with van der Waals surface area (Å²) in [7, 11) is 1.30. The molecule has 8 heteroatoms. The Morgan fingerprint density at radius 1 is 1.10 bits per heavy atom. The lowest BCUT2D eigenvalue weighted by Crippen LogP contribution is -2.17. The van der Waals surface area contributed by atoms with E-state index in [1.807, 2.05) is 30.3 Å². The molecule has 1 aromatic heterocycles. The summed E-state index contributed by atoms with van der Waals surface area (Å²) in [5.41, 5.74) is 3.05. The molecule has 1 heterocycles. The van der Waals surface area contributed by atoms with Crippen LogP contribution in [0.2, 0.25) is 0 Å². The van der Waals surface area contributed by atoms with Crippen LogP contribution in [0.3, 0.4) is 0 Å². The molecule has 0 radical (unpaired) electrons. The van der Waals surface area contributed by atoms with Crippen LogP contribution < -0.4 is 0 Å². The van der Waals surface area contributed by atoms with Gasteiger partial charge >= 0.3 is 5.97 Å². The van der Waals surface area contributed by atoms with E-state index in [0.29, 0.717) is 24.2 Å². The number of carbonyl (C=O) groups is 1. The molecule has 0 atom stereocenters. The molecule has 8 nitrogen and oxygen atoms in total. The minimum absolute atomic E-state index is 0.178. The molecule has 2 aromatic carbocycles. The Hall–Kier alpha value is -3.78. The third kappa shape index (κ3) is 6.10. The molecule has 0 spiro atoms. The van der Waals surface area contributed by atoms with Crippen molar-refractivity contribution in [2.24, 2.45) is 10.3 Å². The SMILES string of the molecule is CO/N=C(/C(=O)O)c1ccccc1COC/C=N/OCCc1ccnc2ccccc12. The molecule has 3 rings (SSSR count). The number of pyridine rings is 1. The highest BCUT2D eigenvalue weighted by Gasteiger charge is 2.17. The number of aliphatic carboxylic acids is 1. The number of carboxylic acid groups (broad SMARTS) is 1. The van der Waals surface area contributed by atoms with Crippen LogP contribution in [0.5, 0.6) is 0 Å². The highest BCUT2D eigenvalue weighted by molar-refractivity contribution is 6.42. The number of benzene rings is 2. The molecule has 0 saturated carbocycles. The second-order valence-corrected chi connectivity index (χ2v) is 6.46. The van der Waals surface area contributed by atoms with Gasteiger partial charge in [0.25, 0.3) is 0 Å². The Morgan fingerprint density at radius 3 is 2.74 bits per heavy atom. The topological polar surface area (TPSA) is 103 Å². The summed E-state index contributed by atoms with van der Waals surface area (Å²) in [5.74, 6) is -1.17. The van der Waals surface area contributed by atoms with Gasteiger partial charge in [-0.3, -0.25) is 4.98 Å². The lowest BCUT2D eigenvalue weighted by atomic mass is 10.0. The van der Waals surface area contributed by atoms with Crippen molar-refractivity contribution in [2.45, 2.75) is 13.0 Å².